The molecule has 2 saturated heterocycles. The molecule has 6 atom stereocenters. The molecule has 0 unspecified atom stereocenters. The molecule has 1 aromatic rings. The van der Waals surface area contributed by atoms with E-state index in [2.05, 4.69) is 40.1 Å². The number of aromatic amines is 1. The van der Waals surface area contributed by atoms with E-state index in [0.29, 0.717) is 41.3 Å². The van der Waals surface area contributed by atoms with Crippen LogP contribution in [-0.2, 0) is 32.0 Å². The predicted octanol–water partition coefficient (Wildman–Crippen LogP) is 2.94. The van der Waals surface area contributed by atoms with Crippen LogP contribution in [0, 0.1) is 18.8 Å². The van der Waals surface area contributed by atoms with Crippen molar-refractivity contribution < 1.29 is 34.4 Å². The van der Waals surface area contributed by atoms with Gasteiger partial charge in [-0.2, -0.15) is 12.6 Å². The Bertz CT molecular complexity index is 1620. The number of thiol groups is 1. The van der Waals surface area contributed by atoms with E-state index in [1.807, 2.05) is 33.8 Å². The molecule has 0 bridgehead atoms. The number of epoxide rings is 1. The van der Waals surface area contributed by atoms with Crippen LogP contribution in [0.3, 0.4) is 0 Å². The van der Waals surface area contributed by atoms with Gasteiger partial charge in [-0.25, -0.2) is 0 Å². The largest absolute Gasteiger partial charge is 0.495 e. The highest BCUT2D eigenvalue weighted by Crippen LogP contribution is 2.45. The van der Waals surface area contributed by atoms with E-state index in [9.17, 15) is 29.7 Å². The Morgan fingerprint density at radius 1 is 1.22 bits per heavy atom. The topological polar surface area (TPSA) is 202 Å². The predicted molar refractivity (Wildman–Crippen MR) is 176 cm³/mol. The highest BCUT2D eigenvalue weighted by Gasteiger charge is 2.59. The molecule has 13 heteroatoms. The number of aromatic nitrogens is 1. The van der Waals surface area contributed by atoms with Crippen LogP contribution < -0.4 is 21.7 Å². The number of aliphatic carboxylic acids is 2. The minimum absolute atomic E-state index is 0.0322. The molecule has 0 aromatic carbocycles. The number of rotatable bonds is 12. The molecule has 46 heavy (non-hydrogen) atoms. The molecule has 5 heterocycles. The van der Waals surface area contributed by atoms with Gasteiger partial charge in [-0.05, 0) is 61.1 Å². The Labute approximate surface area is 273 Å². The number of hydrogen-bond acceptors (Lipinski definition) is 9. The number of carboxylic acid groups (broad SMARTS) is 2. The monoisotopic (exact) mass is 653 g/mol. The first-order chi connectivity index (χ1) is 21.6. The molecular weight excluding hydrogens is 610 g/mol. The number of nitrogens with one attached hydrogen (secondary N) is 4. The molecule has 12 nitrogen and oxygen atoms in total. The van der Waals surface area contributed by atoms with Crippen molar-refractivity contribution in [2.45, 2.75) is 82.4 Å². The molecule has 9 N–H and O–H groups in total. The summed E-state index contributed by atoms with van der Waals surface area (Å²) in [7, 11) is 0. The lowest BCUT2D eigenvalue weighted by molar-refractivity contribution is -0.138. The second kappa shape index (κ2) is 12.3. The van der Waals surface area contributed by atoms with Crippen LogP contribution in [0.2, 0.25) is 0 Å². The normalized spacial score (nSPS) is 31.1. The van der Waals surface area contributed by atoms with Crippen molar-refractivity contribution in [2.24, 2.45) is 17.6 Å². The second-order valence-electron chi connectivity index (χ2n) is 12.8. The molecule has 1 amide bonds. The van der Waals surface area contributed by atoms with Gasteiger partial charge >= 0.3 is 11.9 Å². The molecular formula is C33H43N5O7S. The lowest BCUT2D eigenvalue weighted by Crippen LogP contribution is -2.49. The second-order valence-corrected chi connectivity index (χ2v) is 13.6. The van der Waals surface area contributed by atoms with Crippen molar-refractivity contribution in [3.8, 4) is 0 Å². The van der Waals surface area contributed by atoms with E-state index < -0.39 is 23.2 Å². The number of carbonyl (C=O) groups is 3. The molecule has 1 spiro atoms. The van der Waals surface area contributed by atoms with Crippen LogP contribution in [0.4, 0.5) is 0 Å². The number of allylic oxidation sites excluding steroid dienone is 2. The summed E-state index contributed by atoms with van der Waals surface area (Å²) >= 11 is 4.62. The fraction of sp³-hybridized carbons (Fsp3) is 0.485. The number of carboxylic acids is 2. The summed E-state index contributed by atoms with van der Waals surface area (Å²) in [4.78, 5) is 39.3. The van der Waals surface area contributed by atoms with Gasteiger partial charge in [0.1, 0.15) is 11.3 Å². The van der Waals surface area contributed by atoms with Gasteiger partial charge in [0.2, 0.25) is 5.91 Å². The Balaban J connectivity index is 1.54. The lowest BCUT2D eigenvalue weighted by Gasteiger charge is -2.27. The highest BCUT2D eigenvalue weighted by atomic mass is 32.1. The maximum Gasteiger partial charge on any atom is 0.303 e. The van der Waals surface area contributed by atoms with Crippen molar-refractivity contribution in [1.29, 1.82) is 0 Å². The van der Waals surface area contributed by atoms with Gasteiger partial charge in [-0.3, -0.25) is 14.4 Å². The number of hydrogen-bond donors (Lipinski definition) is 9. The number of aliphatic hydroxyl groups excluding tert-OH is 1. The van der Waals surface area contributed by atoms with Crippen molar-refractivity contribution in [1.82, 2.24) is 20.9 Å². The van der Waals surface area contributed by atoms with Crippen LogP contribution in [0.5, 0.6) is 0 Å². The zero-order valence-corrected chi connectivity index (χ0v) is 27.4. The molecule has 0 radical (unpaired) electrons. The third-order valence-corrected chi connectivity index (χ3v) is 10.2. The standard InChI is InChI=1S/C33H43N5O7S/c1-6-21-31(44)37-26(32(21)14-45-32)12-22-15(2)19(7-9-27(39)40)23(35-22)11-24-20(8-10-28(41)42)17(4)33(34,38-24)13-25-29(18(5)46)16(3)30(43)36-25/h6,11,13,16,18,26,29,35,37-38,44,46H,1,7-10,12,14,34H2,2-5H3,(H,36,43)(H,39,40)(H,41,42)/b24-11-,25-13-/t16-,18+,26-,29+,32+,33+/m1/s1. The van der Waals surface area contributed by atoms with Gasteiger partial charge in [0, 0.05) is 64.7 Å². The summed E-state index contributed by atoms with van der Waals surface area (Å²) in [6, 6.07) is -0.266. The smallest absolute Gasteiger partial charge is 0.303 e. The Kier molecular flexibility index (Phi) is 8.97. The average molecular weight is 654 g/mol. The van der Waals surface area contributed by atoms with Gasteiger partial charge in [0.15, 0.2) is 5.88 Å². The maximum atomic E-state index is 12.6. The van der Waals surface area contributed by atoms with E-state index in [1.165, 1.54) is 0 Å². The average Bonchev–Trinajstić information content (AvgIpc) is 3.47. The first-order valence-electron chi connectivity index (χ1n) is 15.4. The third kappa shape index (κ3) is 5.98. The maximum absolute atomic E-state index is 12.6. The van der Waals surface area contributed by atoms with Crippen LogP contribution in [0.15, 0.2) is 52.7 Å². The summed E-state index contributed by atoms with van der Waals surface area (Å²) in [6.45, 7) is 11.8. The quantitative estimate of drug-likeness (QED) is 0.119. The van der Waals surface area contributed by atoms with Crippen LogP contribution >= 0.6 is 12.6 Å². The zero-order chi connectivity index (χ0) is 33.7. The number of amides is 1. The highest BCUT2D eigenvalue weighted by molar-refractivity contribution is 7.80. The van der Waals surface area contributed by atoms with Crippen LogP contribution in [0.1, 0.15) is 62.5 Å². The molecule has 1 aromatic heterocycles. The van der Waals surface area contributed by atoms with E-state index in [1.54, 1.807) is 12.2 Å². The van der Waals surface area contributed by atoms with Gasteiger partial charge < -0.3 is 46.7 Å². The van der Waals surface area contributed by atoms with E-state index in [-0.39, 0.29) is 60.6 Å². The molecule has 5 rings (SSSR count). The van der Waals surface area contributed by atoms with E-state index in [4.69, 9.17) is 10.5 Å². The SMILES string of the molecule is C=CC1=C(O)N[C@H](Cc2[nH]c(/C=C3\N[C@@](N)(/C=C4\NC(=O)[C@H](C)[C@H]4[C@H](C)S)C(C)=C3CCC(=O)O)c(CCC(=O)O)c2C)[C@]12CO2. The fourth-order valence-corrected chi connectivity index (χ4v) is 7.52. The Morgan fingerprint density at radius 3 is 2.46 bits per heavy atom. The van der Waals surface area contributed by atoms with Crippen molar-refractivity contribution in [2.75, 3.05) is 6.61 Å². The summed E-state index contributed by atoms with van der Waals surface area (Å²) in [6.07, 6.45) is 5.94. The lowest BCUT2D eigenvalue weighted by atomic mass is 9.89. The van der Waals surface area contributed by atoms with Gasteiger partial charge in [0.25, 0.3) is 0 Å². The molecule has 4 aliphatic rings. The zero-order valence-electron chi connectivity index (χ0n) is 26.5. The molecule has 248 valence electrons. The van der Waals surface area contributed by atoms with Crippen molar-refractivity contribution in [3.05, 3.63) is 75.2 Å². The van der Waals surface area contributed by atoms with E-state index in [0.717, 1.165) is 22.4 Å². The number of ether oxygens (including phenoxy) is 1. The van der Waals surface area contributed by atoms with Crippen LogP contribution in [-0.4, -0.2) is 67.3 Å². The minimum Gasteiger partial charge on any atom is -0.495 e. The molecule has 0 saturated carbocycles. The van der Waals surface area contributed by atoms with Crippen molar-refractivity contribution >= 4 is 36.6 Å². The number of H-pyrrole nitrogens is 1. The van der Waals surface area contributed by atoms with E-state index >= 15 is 0 Å². The van der Waals surface area contributed by atoms with Crippen molar-refractivity contribution in [3.63, 3.8) is 0 Å². The number of carbonyl (C=O) groups excluding carboxylic acids is 1. The van der Waals surface area contributed by atoms with Gasteiger partial charge in [-0.15, -0.1) is 0 Å². The molecule has 4 aliphatic heterocycles. The molecule has 2 fully saturated rings. The third-order valence-electron chi connectivity index (χ3n) is 9.86. The van der Waals surface area contributed by atoms with Gasteiger partial charge in [-0.1, -0.05) is 26.5 Å². The fourth-order valence-electron chi connectivity index (χ4n) is 7.11. The summed E-state index contributed by atoms with van der Waals surface area (Å²) in [5.74, 6) is -2.44. The first-order valence-corrected chi connectivity index (χ1v) is 15.9. The Hall–Kier alpha value is -3.94. The minimum atomic E-state index is -1.23. The van der Waals surface area contributed by atoms with Crippen LogP contribution in [0.25, 0.3) is 6.08 Å². The molecule has 0 aliphatic carbocycles. The number of nitrogens with two attached hydrogens (primary N) is 1. The number of aliphatic hydroxyl groups is 1. The van der Waals surface area contributed by atoms with Gasteiger partial charge in [0.05, 0.1) is 12.6 Å². The summed E-state index contributed by atoms with van der Waals surface area (Å²) in [5, 5.41) is 38.9. The first kappa shape index (κ1) is 33.4. The summed E-state index contributed by atoms with van der Waals surface area (Å²) in [5.41, 5.74) is 11.6. The summed E-state index contributed by atoms with van der Waals surface area (Å²) < 4.78 is 5.79. The Morgan fingerprint density at radius 2 is 1.87 bits per heavy atom.